The molecule has 1 N–H and O–H groups in total. The van der Waals surface area contributed by atoms with Crippen molar-refractivity contribution in [2.75, 3.05) is 20.2 Å². The van der Waals surface area contributed by atoms with Gasteiger partial charge in [0.2, 0.25) is 0 Å². The van der Waals surface area contributed by atoms with Gasteiger partial charge in [0, 0.05) is 24.7 Å². The number of rotatable bonds is 5. The number of piperidine rings is 1. The van der Waals surface area contributed by atoms with Crippen LogP contribution in [0.15, 0.2) is 24.3 Å². The van der Waals surface area contributed by atoms with Crippen LogP contribution in [0.1, 0.15) is 25.7 Å². The van der Waals surface area contributed by atoms with E-state index in [0.717, 1.165) is 6.54 Å². The highest BCUT2D eigenvalue weighted by Crippen LogP contribution is 2.29. The third-order valence-electron chi connectivity index (χ3n) is 4.61. The highest BCUT2D eigenvalue weighted by atomic mass is 19.1. The lowest BCUT2D eigenvalue weighted by Gasteiger charge is -2.35. The average molecular weight is 278 g/mol. The van der Waals surface area contributed by atoms with Crippen LogP contribution >= 0.6 is 0 Å². The largest absolute Gasteiger partial charge is 0.489 e. The molecule has 2 unspecified atom stereocenters. The Balaban J connectivity index is 1.45. The summed E-state index contributed by atoms with van der Waals surface area (Å²) in [5, 5.41) is 3.66. The summed E-state index contributed by atoms with van der Waals surface area (Å²) in [5.41, 5.74) is 0. The molecule has 2 saturated heterocycles. The maximum atomic E-state index is 13.4. The maximum absolute atomic E-state index is 13.4. The molecule has 2 aliphatic rings. The molecule has 3 nitrogen and oxygen atoms in total. The van der Waals surface area contributed by atoms with Crippen molar-refractivity contribution < 1.29 is 9.13 Å². The molecular weight excluding hydrogens is 255 g/mol. The summed E-state index contributed by atoms with van der Waals surface area (Å²) in [6.45, 7) is 1.38. The van der Waals surface area contributed by atoms with E-state index >= 15 is 0 Å². The fourth-order valence-corrected chi connectivity index (χ4v) is 3.43. The fraction of sp³-hybridized carbons (Fsp3) is 0.625. The quantitative estimate of drug-likeness (QED) is 0.895. The van der Waals surface area contributed by atoms with Crippen molar-refractivity contribution in [2.45, 2.75) is 43.8 Å². The zero-order valence-electron chi connectivity index (χ0n) is 12.0. The Morgan fingerprint density at radius 3 is 2.65 bits per heavy atom. The van der Waals surface area contributed by atoms with Crippen molar-refractivity contribution in [2.24, 2.45) is 0 Å². The number of halogens is 1. The van der Waals surface area contributed by atoms with Crippen molar-refractivity contribution in [1.29, 1.82) is 0 Å². The average Bonchev–Trinajstić information content (AvgIpc) is 2.79. The Labute approximate surface area is 120 Å². The highest BCUT2D eigenvalue weighted by molar-refractivity contribution is 5.23. The standard InChI is InChI=1S/C16H23FN2O/c1-19(14-10-12-6-7-13(11-14)18-12)8-9-20-16-5-3-2-4-15(16)17/h2-5,12-14,18H,6-11H2,1H3. The number of para-hydroxylation sites is 1. The highest BCUT2D eigenvalue weighted by Gasteiger charge is 2.34. The van der Waals surface area contributed by atoms with Crippen LogP contribution < -0.4 is 10.1 Å². The van der Waals surface area contributed by atoms with Crippen molar-refractivity contribution >= 4 is 0 Å². The molecule has 1 aromatic carbocycles. The van der Waals surface area contributed by atoms with Gasteiger partial charge in [-0.1, -0.05) is 12.1 Å². The van der Waals surface area contributed by atoms with Gasteiger partial charge in [-0.25, -0.2) is 4.39 Å². The van der Waals surface area contributed by atoms with Crippen molar-refractivity contribution in [3.8, 4) is 5.75 Å². The van der Waals surface area contributed by atoms with Crippen molar-refractivity contribution in [3.05, 3.63) is 30.1 Å². The van der Waals surface area contributed by atoms with Crippen LogP contribution in [-0.4, -0.2) is 43.2 Å². The predicted octanol–water partition coefficient (Wildman–Crippen LogP) is 2.42. The van der Waals surface area contributed by atoms with Gasteiger partial charge < -0.3 is 10.1 Å². The van der Waals surface area contributed by atoms with E-state index in [2.05, 4.69) is 17.3 Å². The molecule has 0 saturated carbocycles. The number of likely N-dealkylation sites (N-methyl/N-ethyl adjacent to an activating group) is 1. The minimum absolute atomic E-state index is 0.282. The molecule has 2 atom stereocenters. The zero-order chi connectivity index (χ0) is 13.9. The van der Waals surface area contributed by atoms with E-state index < -0.39 is 0 Å². The maximum Gasteiger partial charge on any atom is 0.165 e. The van der Waals surface area contributed by atoms with E-state index in [0.29, 0.717) is 30.5 Å². The first-order valence-corrected chi connectivity index (χ1v) is 7.56. The molecule has 20 heavy (non-hydrogen) atoms. The predicted molar refractivity (Wildman–Crippen MR) is 77.5 cm³/mol. The summed E-state index contributed by atoms with van der Waals surface area (Å²) < 4.78 is 19.0. The first-order chi connectivity index (χ1) is 9.72. The lowest BCUT2D eigenvalue weighted by molar-refractivity contribution is 0.145. The molecule has 0 aliphatic carbocycles. The molecule has 0 radical (unpaired) electrons. The Morgan fingerprint density at radius 1 is 1.25 bits per heavy atom. The third-order valence-corrected chi connectivity index (χ3v) is 4.61. The van der Waals surface area contributed by atoms with Gasteiger partial charge in [0.15, 0.2) is 11.6 Å². The molecular formula is C16H23FN2O. The third kappa shape index (κ3) is 3.13. The van der Waals surface area contributed by atoms with Crippen molar-refractivity contribution in [3.63, 3.8) is 0 Å². The number of nitrogens with one attached hydrogen (secondary N) is 1. The number of nitrogens with zero attached hydrogens (tertiary/aromatic N) is 1. The van der Waals surface area contributed by atoms with Crippen LogP contribution in [0.3, 0.4) is 0 Å². The first-order valence-electron chi connectivity index (χ1n) is 7.56. The number of benzene rings is 1. The summed E-state index contributed by atoms with van der Waals surface area (Å²) >= 11 is 0. The first kappa shape index (κ1) is 13.8. The van der Waals surface area contributed by atoms with Crippen LogP contribution in [0.4, 0.5) is 4.39 Å². The van der Waals surface area contributed by atoms with Gasteiger partial charge in [-0.05, 0) is 44.9 Å². The summed E-state index contributed by atoms with van der Waals surface area (Å²) in [5.74, 6) is 0.0707. The minimum atomic E-state index is -0.282. The molecule has 3 rings (SSSR count). The minimum Gasteiger partial charge on any atom is -0.489 e. The van der Waals surface area contributed by atoms with Crippen LogP contribution in [0.5, 0.6) is 5.75 Å². The lowest BCUT2D eigenvalue weighted by atomic mass is 9.99. The van der Waals surface area contributed by atoms with E-state index in [1.165, 1.54) is 31.7 Å². The second-order valence-electron chi connectivity index (χ2n) is 6.02. The van der Waals surface area contributed by atoms with E-state index in [4.69, 9.17) is 4.74 Å². The SMILES string of the molecule is CN(CCOc1ccccc1F)C1CC2CCC(C1)N2. The zero-order valence-corrected chi connectivity index (χ0v) is 12.0. The monoisotopic (exact) mass is 278 g/mol. The Hall–Kier alpha value is -1.13. The summed E-state index contributed by atoms with van der Waals surface area (Å²) in [4.78, 5) is 2.37. The molecule has 0 amide bonds. The second kappa shape index (κ2) is 6.10. The van der Waals surface area contributed by atoms with Crippen LogP contribution in [0.25, 0.3) is 0 Å². The lowest BCUT2D eigenvalue weighted by Crippen LogP contribution is -2.47. The van der Waals surface area contributed by atoms with E-state index in [-0.39, 0.29) is 5.82 Å². The van der Waals surface area contributed by atoms with Gasteiger partial charge in [0.1, 0.15) is 6.61 Å². The smallest absolute Gasteiger partial charge is 0.165 e. The Bertz CT molecular complexity index is 442. The molecule has 0 spiro atoms. The number of hydrogen-bond acceptors (Lipinski definition) is 3. The fourth-order valence-electron chi connectivity index (χ4n) is 3.43. The molecule has 4 heteroatoms. The van der Waals surface area contributed by atoms with Gasteiger partial charge >= 0.3 is 0 Å². The second-order valence-corrected chi connectivity index (χ2v) is 6.02. The number of fused-ring (bicyclic) bond motifs is 2. The van der Waals surface area contributed by atoms with Crippen LogP contribution in [0.2, 0.25) is 0 Å². The summed E-state index contributed by atoms with van der Waals surface area (Å²) in [7, 11) is 2.15. The Morgan fingerprint density at radius 2 is 1.95 bits per heavy atom. The number of hydrogen-bond donors (Lipinski definition) is 1. The van der Waals surface area contributed by atoms with Gasteiger partial charge in [0.25, 0.3) is 0 Å². The van der Waals surface area contributed by atoms with Gasteiger partial charge in [-0.3, -0.25) is 4.90 Å². The van der Waals surface area contributed by atoms with Gasteiger partial charge in [-0.15, -0.1) is 0 Å². The molecule has 2 fully saturated rings. The van der Waals surface area contributed by atoms with Crippen LogP contribution in [0, 0.1) is 5.82 Å². The Kier molecular flexibility index (Phi) is 4.22. The molecule has 1 aromatic rings. The topological polar surface area (TPSA) is 24.5 Å². The molecule has 2 heterocycles. The van der Waals surface area contributed by atoms with Gasteiger partial charge in [-0.2, -0.15) is 0 Å². The van der Waals surface area contributed by atoms with Crippen molar-refractivity contribution in [1.82, 2.24) is 10.2 Å². The normalized spacial score (nSPS) is 28.9. The number of ether oxygens (including phenoxy) is 1. The van der Waals surface area contributed by atoms with Gasteiger partial charge in [0.05, 0.1) is 0 Å². The summed E-state index contributed by atoms with van der Waals surface area (Å²) in [6.07, 6.45) is 5.10. The van der Waals surface area contributed by atoms with E-state index in [9.17, 15) is 4.39 Å². The summed E-state index contributed by atoms with van der Waals surface area (Å²) in [6, 6.07) is 8.63. The van der Waals surface area contributed by atoms with E-state index in [1.807, 2.05) is 0 Å². The molecule has 0 aromatic heterocycles. The molecule has 2 bridgehead atoms. The molecule has 2 aliphatic heterocycles. The van der Waals surface area contributed by atoms with E-state index in [1.54, 1.807) is 18.2 Å². The molecule has 110 valence electrons. The van der Waals surface area contributed by atoms with Crippen LogP contribution in [-0.2, 0) is 0 Å².